The monoisotopic (exact) mass is 402 g/mol. The third-order valence-corrected chi connectivity index (χ3v) is 9.89. The van der Waals surface area contributed by atoms with Crippen molar-refractivity contribution in [2.24, 2.45) is 28.6 Å². The van der Waals surface area contributed by atoms with Crippen LogP contribution < -0.4 is 5.63 Å². The van der Waals surface area contributed by atoms with Crippen molar-refractivity contribution in [3.63, 3.8) is 0 Å². The standard InChI is InChI=1S/C24H34O5/c1-22-9-7-16(25)11-15(22)4-5-18-21(22)19(26)12-23(2)17(8-10-24(18,23)28)14-3-6-20(27)29-13-14/h3,6,13,15-19,21,25-26,28H,4-5,7-12H2,1-2H3/t15-,16-,17+,18+,19+,21+,22-,23+,24-/m0/s1. The van der Waals surface area contributed by atoms with Crippen molar-refractivity contribution < 1.29 is 19.7 Å². The normalized spacial score (nSPS) is 51.8. The van der Waals surface area contributed by atoms with Gasteiger partial charge in [-0.3, -0.25) is 0 Å². The van der Waals surface area contributed by atoms with Crippen molar-refractivity contribution in [1.29, 1.82) is 0 Å². The molecule has 0 aliphatic heterocycles. The zero-order valence-corrected chi connectivity index (χ0v) is 17.5. The lowest BCUT2D eigenvalue weighted by atomic mass is 9.42. The molecule has 5 rings (SSSR count). The summed E-state index contributed by atoms with van der Waals surface area (Å²) in [4.78, 5) is 11.4. The molecule has 0 aromatic carbocycles. The molecule has 0 saturated heterocycles. The van der Waals surface area contributed by atoms with Crippen molar-refractivity contribution in [1.82, 2.24) is 0 Å². The van der Waals surface area contributed by atoms with Crippen molar-refractivity contribution in [3.8, 4) is 0 Å². The maximum atomic E-state index is 12.2. The van der Waals surface area contributed by atoms with E-state index in [1.54, 1.807) is 6.26 Å². The predicted octanol–water partition coefficient (Wildman–Crippen LogP) is 3.21. The van der Waals surface area contributed by atoms with Crippen LogP contribution in [0.4, 0.5) is 0 Å². The topological polar surface area (TPSA) is 90.9 Å². The van der Waals surface area contributed by atoms with Gasteiger partial charge in [-0.1, -0.05) is 13.8 Å². The summed E-state index contributed by atoms with van der Waals surface area (Å²) in [5, 5.41) is 33.8. The molecular formula is C24H34O5. The highest BCUT2D eigenvalue weighted by molar-refractivity contribution is 5.28. The summed E-state index contributed by atoms with van der Waals surface area (Å²) < 4.78 is 5.14. The summed E-state index contributed by atoms with van der Waals surface area (Å²) in [5.41, 5.74) is -0.681. The van der Waals surface area contributed by atoms with E-state index in [1.165, 1.54) is 6.07 Å². The molecule has 0 bridgehead atoms. The second-order valence-corrected chi connectivity index (χ2v) is 10.9. The molecule has 0 unspecified atom stereocenters. The Balaban J connectivity index is 1.52. The summed E-state index contributed by atoms with van der Waals surface area (Å²) in [6.45, 7) is 4.43. The Morgan fingerprint density at radius 2 is 1.86 bits per heavy atom. The van der Waals surface area contributed by atoms with Gasteiger partial charge < -0.3 is 19.7 Å². The van der Waals surface area contributed by atoms with E-state index in [-0.39, 0.29) is 34.9 Å². The van der Waals surface area contributed by atoms with Crippen LogP contribution in [0.1, 0.15) is 76.7 Å². The molecule has 0 amide bonds. The highest BCUT2D eigenvalue weighted by Crippen LogP contribution is 2.70. The van der Waals surface area contributed by atoms with Gasteiger partial charge in [0.1, 0.15) is 0 Å². The van der Waals surface area contributed by atoms with Gasteiger partial charge in [0.25, 0.3) is 0 Å². The van der Waals surface area contributed by atoms with Gasteiger partial charge in [-0.2, -0.15) is 0 Å². The van der Waals surface area contributed by atoms with Gasteiger partial charge in [0, 0.05) is 11.5 Å². The van der Waals surface area contributed by atoms with Crippen LogP contribution in [0.15, 0.2) is 27.6 Å². The molecule has 4 saturated carbocycles. The highest BCUT2D eigenvalue weighted by Gasteiger charge is 2.69. The van der Waals surface area contributed by atoms with E-state index in [2.05, 4.69) is 13.8 Å². The van der Waals surface area contributed by atoms with E-state index in [0.717, 1.165) is 50.5 Å². The minimum atomic E-state index is -0.818. The Labute approximate surface area is 172 Å². The second-order valence-electron chi connectivity index (χ2n) is 10.9. The van der Waals surface area contributed by atoms with Crippen LogP contribution >= 0.6 is 0 Å². The van der Waals surface area contributed by atoms with E-state index in [4.69, 9.17) is 4.42 Å². The van der Waals surface area contributed by atoms with E-state index >= 15 is 0 Å². The summed E-state index contributed by atoms with van der Waals surface area (Å²) in [7, 11) is 0. The maximum Gasteiger partial charge on any atom is 0.335 e. The summed E-state index contributed by atoms with van der Waals surface area (Å²) >= 11 is 0. The Hall–Kier alpha value is -1.17. The SMILES string of the molecule is C[C@]12CC[C@H](O)C[C@@H]1CC[C@@H]1[C@@H]2[C@H](O)C[C@]2(C)[C@@H](c3ccc(=O)oc3)CC[C@]12O. The lowest BCUT2D eigenvalue weighted by Crippen LogP contribution is -2.66. The average molecular weight is 403 g/mol. The maximum absolute atomic E-state index is 12.2. The quantitative estimate of drug-likeness (QED) is 0.671. The third-order valence-electron chi connectivity index (χ3n) is 9.89. The van der Waals surface area contributed by atoms with Crippen molar-refractivity contribution >= 4 is 0 Å². The molecular weight excluding hydrogens is 368 g/mol. The van der Waals surface area contributed by atoms with Crippen LogP contribution in [0.25, 0.3) is 0 Å². The van der Waals surface area contributed by atoms with Crippen LogP contribution in [-0.2, 0) is 0 Å². The van der Waals surface area contributed by atoms with E-state index in [1.807, 2.05) is 6.07 Å². The fourth-order valence-corrected chi connectivity index (χ4v) is 8.41. The van der Waals surface area contributed by atoms with E-state index < -0.39 is 17.1 Å². The molecule has 9 atom stereocenters. The van der Waals surface area contributed by atoms with Crippen molar-refractivity contribution in [3.05, 3.63) is 34.4 Å². The molecule has 0 spiro atoms. The van der Waals surface area contributed by atoms with Gasteiger partial charge in [0.05, 0.1) is 24.1 Å². The average Bonchev–Trinajstić information content (AvgIpc) is 2.94. The zero-order valence-electron chi connectivity index (χ0n) is 17.5. The van der Waals surface area contributed by atoms with Crippen LogP contribution in [0.3, 0.4) is 0 Å². The van der Waals surface area contributed by atoms with Crippen molar-refractivity contribution in [2.75, 3.05) is 0 Å². The molecule has 1 aromatic heterocycles. The molecule has 4 aliphatic carbocycles. The first-order chi connectivity index (χ1) is 13.7. The van der Waals surface area contributed by atoms with Gasteiger partial charge >= 0.3 is 5.63 Å². The first kappa shape index (κ1) is 19.8. The molecule has 4 aliphatic rings. The number of rotatable bonds is 1. The first-order valence-electron chi connectivity index (χ1n) is 11.4. The molecule has 160 valence electrons. The molecule has 5 heteroatoms. The van der Waals surface area contributed by atoms with Crippen LogP contribution in [0.5, 0.6) is 0 Å². The summed E-state index contributed by atoms with van der Waals surface area (Å²) in [5.74, 6) is 0.662. The van der Waals surface area contributed by atoms with Gasteiger partial charge in [0.2, 0.25) is 0 Å². The summed E-state index contributed by atoms with van der Waals surface area (Å²) in [6.07, 6.45) is 7.49. The summed E-state index contributed by atoms with van der Waals surface area (Å²) in [6, 6.07) is 3.28. The molecule has 1 heterocycles. The van der Waals surface area contributed by atoms with Crippen molar-refractivity contribution in [2.45, 2.75) is 88.9 Å². The predicted molar refractivity (Wildman–Crippen MR) is 108 cm³/mol. The fourth-order valence-electron chi connectivity index (χ4n) is 8.41. The minimum Gasteiger partial charge on any atom is -0.431 e. The van der Waals surface area contributed by atoms with Crippen LogP contribution in [-0.4, -0.2) is 33.1 Å². The fraction of sp³-hybridized carbons (Fsp3) is 0.792. The third kappa shape index (κ3) is 2.60. The minimum absolute atomic E-state index is 0.0176. The van der Waals surface area contributed by atoms with Gasteiger partial charge in [-0.25, -0.2) is 4.79 Å². The number of hydrogen-bond acceptors (Lipinski definition) is 5. The largest absolute Gasteiger partial charge is 0.431 e. The Morgan fingerprint density at radius 1 is 1.07 bits per heavy atom. The molecule has 5 nitrogen and oxygen atoms in total. The molecule has 29 heavy (non-hydrogen) atoms. The smallest absolute Gasteiger partial charge is 0.335 e. The first-order valence-corrected chi connectivity index (χ1v) is 11.4. The van der Waals surface area contributed by atoms with E-state index in [9.17, 15) is 20.1 Å². The lowest BCUT2D eigenvalue weighted by Gasteiger charge is -2.65. The Kier molecular flexibility index (Phi) is 4.37. The molecule has 1 aromatic rings. The Bertz CT molecular complexity index is 829. The highest BCUT2D eigenvalue weighted by atomic mass is 16.4. The van der Waals surface area contributed by atoms with E-state index in [0.29, 0.717) is 12.3 Å². The molecule has 4 fully saturated rings. The van der Waals surface area contributed by atoms with Gasteiger partial charge in [-0.05, 0) is 92.1 Å². The number of aliphatic hydroxyl groups is 3. The number of hydrogen-bond donors (Lipinski definition) is 3. The number of aliphatic hydroxyl groups excluding tert-OH is 2. The Morgan fingerprint density at radius 3 is 2.59 bits per heavy atom. The van der Waals surface area contributed by atoms with Crippen LogP contribution in [0, 0.1) is 28.6 Å². The van der Waals surface area contributed by atoms with Gasteiger partial charge in [-0.15, -0.1) is 0 Å². The molecule has 3 N–H and O–H groups in total. The van der Waals surface area contributed by atoms with Gasteiger partial charge in [0.15, 0.2) is 0 Å². The van der Waals surface area contributed by atoms with Crippen LogP contribution in [0.2, 0.25) is 0 Å². The lowest BCUT2D eigenvalue weighted by molar-refractivity contribution is -0.239. The second kappa shape index (κ2) is 6.41. The number of fused-ring (bicyclic) bond motifs is 5. The zero-order chi connectivity index (χ0) is 20.6. The molecule has 0 radical (unpaired) electrons.